The first-order valence-electron chi connectivity index (χ1n) is 5.93. The monoisotopic (exact) mass is 247 g/mol. The summed E-state index contributed by atoms with van der Waals surface area (Å²) >= 11 is 4.45. The Labute approximate surface area is 103 Å². The number of aliphatic hydroxyl groups excluding tert-OH is 1. The molecule has 0 aromatic carbocycles. The maximum atomic E-state index is 12.6. The summed E-state index contributed by atoms with van der Waals surface area (Å²) < 4.78 is 12.6. The number of unbranched alkanes of at least 4 members (excludes halogenated alkanes) is 1. The van der Waals surface area contributed by atoms with Crippen LogP contribution < -0.4 is 0 Å². The number of rotatable bonds is 9. The van der Waals surface area contributed by atoms with Gasteiger partial charge in [0.25, 0.3) is 0 Å². The average molecular weight is 247 g/mol. The van der Waals surface area contributed by atoms with Gasteiger partial charge in [-0.3, -0.25) is 0 Å². The first-order valence-corrected chi connectivity index (χ1v) is 6.34. The van der Waals surface area contributed by atoms with Gasteiger partial charge in [0.1, 0.15) is 0 Å². The van der Waals surface area contributed by atoms with Crippen LogP contribution in [0.3, 0.4) is 0 Å². The third kappa shape index (κ3) is 8.96. The Bertz CT molecular complexity index is 217. The van der Waals surface area contributed by atoms with Crippen molar-refractivity contribution in [2.45, 2.75) is 58.2 Å². The molecule has 0 aliphatic rings. The summed E-state index contributed by atoms with van der Waals surface area (Å²) in [7, 11) is 0. The summed E-state index contributed by atoms with van der Waals surface area (Å²) in [4.78, 5) is 3.81. The van der Waals surface area contributed by atoms with Crippen molar-refractivity contribution in [1.29, 1.82) is 0 Å². The van der Waals surface area contributed by atoms with E-state index >= 15 is 0 Å². The molecule has 0 bridgehead atoms. The Balaban J connectivity index is 3.54. The molecule has 0 aliphatic carbocycles. The lowest BCUT2D eigenvalue weighted by molar-refractivity contribution is 0.0954. The maximum absolute atomic E-state index is 12.6. The number of aliphatic imine (C=N–C) groups is 1. The number of thiocarbonyl (C=S) groups is 1. The summed E-state index contributed by atoms with van der Waals surface area (Å²) in [6.07, 6.45) is 2.80. The lowest BCUT2D eigenvalue weighted by Crippen LogP contribution is -2.18. The van der Waals surface area contributed by atoms with Gasteiger partial charge in [0.05, 0.1) is 17.4 Å². The minimum atomic E-state index is -0.772. The zero-order valence-electron chi connectivity index (χ0n) is 10.2. The van der Waals surface area contributed by atoms with Gasteiger partial charge in [-0.15, -0.1) is 0 Å². The van der Waals surface area contributed by atoms with E-state index in [1.54, 1.807) is 6.92 Å². The largest absolute Gasteiger partial charge is 0.393 e. The van der Waals surface area contributed by atoms with Crippen LogP contribution in [0.4, 0.5) is 4.39 Å². The molecule has 0 aliphatic heterocycles. The molecule has 0 heterocycles. The van der Waals surface area contributed by atoms with Crippen molar-refractivity contribution in [3.8, 4) is 0 Å². The van der Waals surface area contributed by atoms with Crippen LogP contribution in [0.25, 0.3) is 0 Å². The number of nitrogens with zero attached hydrogens (tertiary/aromatic N) is 1. The van der Waals surface area contributed by atoms with Gasteiger partial charge in [-0.05, 0) is 57.2 Å². The van der Waals surface area contributed by atoms with Gasteiger partial charge in [-0.1, -0.05) is 6.92 Å². The second-order valence-corrected chi connectivity index (χ2v) is 4.55. The van der Waals surface area contributed by atoms with Gasteiger partial charge in [0.2, 0.25) is 0 Å². The molecule has 2 nitrogen and oxygen atoms in total. The molecule has 0 amide bonds. The lowest BCUT2D eigenvalue weighted by atomic mass is 9.94. The van der Waals surface area contributed by atoms with E-state index in [2.05, 4.69) is 22.4 Å². The van der Waals surface area contributed by atoms with Crippen LogP contribution in [0, 0.1) is 5.92 Å². The standard InChI is InChI=1S/C12H22FNOS/c1-10(6-7-11(2)13)12(15)5-3-4-8-14-9-16/h10-12,15H,3-8H2,1-2H3/t10-,11+,12?/m0/s1. The highest BCUT2D eigenvalue weighted by molar-refractivity contribution is 7.78. The summed E-state index contributed by atoms with van der Waals surface area (Å²) in [5.41, 5.74) is 0. The molecule has 0 rings (SSSR count). The van der Waals surface area contributed by atoms with E-state index in [-0.39, 0.29) is 12.0 Å². The third-order valence-corrected chi connectivity index (χ3v) is 2.89. The molecule has 1 unspecified atom stereocenters. The van der Waals surface area contributed by atoms with Crippen molar-refractivity contribution in [2.75, 3.05) is 6.54 Å². The van der Waals surface area contributed by atoms with Crippen molar-refractivity contribution in [1.82, 2.24) is 0 Å². The SMILES string of the molecule is C[C@@H](F)CC[C@H](C)C(O)CCCCN=C=S. The summed E-state index contributed by atoms with van der Waals surface area (Å²) in [5.74, 6) is 0.173. The molecule has 0 aromatic heterocycles. The van der Waals surface area contributed by atoms with E-state index in [9.17, 15) is 9.50 Å². The van der Waals surface area contributed by atoms with Gasteiger partial charge >= 0.3 is 0 Å². The normalized spacial score (nSPS) is 16.2. The van der Waals surface area contributed by atoms with E-state index in [0.717, 1.165) is 25.7 Å². The van der Waals surface area contributed by atoms with E-state index in [4.69, 9.17) is 0 Å². The van der Waals surface area contributed by atoms with Gasteiger partial charge in [-0.25, -0.2) is 9.38 Å². The molecule has 4 heteroatoms. The van der Waals surface area contributed by atoms with Gasteiger partial charge < -0.3 is 5.11 Å². The van der Waals surface area contributed by atoms with Crippen molar-refractivity contribution in [3.63, 3.8) is 0 Å². The van der Waals surface area contributed by atoms with Crippen LogP contribution in [0.5, 0.6) is 0 Å². The molecule has 0 aromatic rings. The molecule has 0 spiro atoms. The Morgan fingerprint density at radius 1 is 1.25 bits per heavy atom. The predicted molar refractivity (Wildman–Crippen MR) is 68.7 cm³/mol. The predicted octanol–water partition coefficient (Wildman–Crippen LogP) is 3.39. The lowest BCUT2D eigenvalue weighted by Gasteiger charge is -2.18. The fraction of sp³-hybridized carbons (Fsp3) is 0.917. The Kier molecular flexibility index (Phi) is 9.69. The van der Waals surface area contributed by atoms with E-state index in [0.29, 0.717) is 13.0 Å². The van der Waals surface area contributed by atoms with Crippen LogP contribution in [0.2, 0.25) is 0 Å². The highest BCUT2D eigenvalue weighted by Crippen LogP contribution is 2.17. The number of hydrogen-bond acceptors (Lipinski definition) is 3. The van der Waals surface area contributed by atoms with Crippen LogP contribution in [-0.2, 0) is 0 Å². The molecule has 16 heavy (non-hydrogen) atoms. The number of alkyl halides is 1. The zero-order valence-corrected chi connectivity index (χ0v) is 11.0. The van der Waals surface area contributed by atoms with Crippen molar-refractivity contribution in [3.05, 3.63) is 0 Å². The Hall–Kier alpha value is -0.310. The topological polar surface area (TPSA) is 32.6 Å². The van der Waals surface area contributed by atoms with Crippen molar-refractivity contribution >= 4 is 17.4 Å². The average Bonchev–Trinajstić information content (AvgIpc) is 2.25. The second kappa shape index (κ2) is 9.88. The fourth-order valence-corrected chi connectivity index (χ4v) is 1.65. The molecule has 0 fully saturated rings. The molecule has 0 saturated heterocycles. The smallest absolute Gasteiger partial charge is 0.0973 e. The van der Waals surface area contributed by atoms with E-state index < -0.39 is 6.17 Å². The van der Waals surface area contributed by atoms with Crippen LogP contribution >= 0.6 is 12.2 Å². The fourth-order valence-electron chi connectivity index (χ4n) is 1.56. The number of isothiocyanates is 1. The first kappa shape index (κ1) is 15.7. The van der Waals surface area contributed by atoms with Crippen molar-refractivity contribution < 1.29 is 9.50 Å². The highest BCUT2D eigenvalue weighted by Gasteiger charge is 2.14. The van der Waals surface area contributed by atoms with Gasteiger partial charge in [0.15, 0.2) is 0 Å². The van der Waals surface area contributed by atoms with Gasteiger partial charge in [-0.2, -0.15) is 0 Å². The third-order valence-electron chi connectivity index (χ3n) is 2.76. The summed E-state index contributed by atoms with van der Waals surface area (Å²) in [5, 5.41) is 12.1. The molecule has 3 atom stereocenters. The Morgan fingerprint density at radius 2 is 1.94 bits per heavy atom. The minimum Gasteiger partial charge on any atom is -0.393 e. The highest BCUT2D eigenvalue weighted by atomic mass is 32.1. The van der Waals surface area contributed by atoms with Crippen molar-refractivity contribution in [2.24, 2.45) is 10.9 Å². The first-order chi connectivity index (χ1) is 7.57. The summed E-state index contributed by atoms with van der Waals surface area (Å²) in [6.45, 7) is 4.22. The molecule has 94 valence electrons. The van der Waals surface area contributed by atoms with E-state index in [1.165, 1.54) is 0 Å². The quantitative estimate of drug-likeness (QED) is 0.385. The van der Waals surface area contributed by atoms with Crippen LogP contribution in [0.15, 0.2) is 4.99 Å². The van der Waals surface area contributed by atoms with Crippen LogP contribution in [-0.4, -0.2) is 29.1 Å². The van der Waals surface area contributed by atoms with Crippen LogP contribution in [0.1, 0.15) is 46.0 Å². The molecular formula is C12H22FNOS. The zero-order chi connectivity index (χ0) is 12.4. The van der Waals surface area contributed by atoms with E-state index in [1.807, 2.05) is 6.92 Å². The van der Waals surface area contributed by atoms with Gasteiger partial charge in [0, 0.05) is 6.54 Å². The molecule has 0 saturated carbocycles. The number of aliphatic hydroxyl groups is 1. The molecule has 1 N–H and O–H groups in total. The minimum absolute atomic E-state index is 0.173. The molecule has 0 radical (unpaired) electrons. The number of halogens is 1. The Morgan fingerprint density at radius 3 is 2.50 bits per heavy atom. The molecular weight excluding hydrogens is 225 g/mol. The summed E-state index contributed by atoms with van der Waals surface area (Å²) in [6, 6.07) is 0. The number of hydrogen-bond donors (Lipinski definition) is 1. The second-order valence-electron chi connectivity index (χ2n) is 4.37. The maximum Gasteiger partial charge on any atom is 0.0973 e.